The van der Waals surface area contributed by atoms with E-state index in [2.05, 4.69) is 5.32 Å². The molecule has 44 heavy (non-hydrogen) atoms. The fourth-order valence-corrected chi connectivity index (χ4v) is 6.92. The molecular weight excluding hydrogens is 598 g/mol. The normalized spacial score (nSPS) is 14.2. The highest BCUT2D eigenvalue weighted by Crippen LogP contribution is 2.29. The summed E-state index contributed by atoms with van der Waals surface area (Å²) in [6, 6.07) is 21.6. The van der Waals surface area contributed by atoms with E-state index in [1.165, 1.54) is 4.31 Å². The monoisotopic (exact) mass is 639 g/mol. The molecule has 10 heteroatoms. The highest BCUT2D eigenvalue weighted by atomic mass is 35.5. The Morgan fingerprint density at radius 2 is 1.68 bits per heavy atom. The molecule has 0 spiro atoms. The molecule has 8 nitrogen and oxygen atoms in total. The van der Waals surface area contributed by atoms with Crippen molar-refractivity contribution in [3.8, 4) is 5.75 Å². The van der Waals surface area contributed by atoms with Crippen molar-refractivity contribution in [2.75, 3.05) is 24.2 Å². The number of hydrogen-bond acceptors (Lipinski definition) is 5. The summed E-state index contributed by atoms with van der Waals surface area (Å²) in [5.74, 6) is 0.251. The molecule has 0 saturated heterocycles. The number of sulfonamides is 1. The van der Waals surface area contributed by atoms with Gasteiger partial charge >= 0.3 is 0 Å². The predicted molar refractivity (Wildman–Crippen MR) is 175 cm³/mol. The maximum Gasteiger partial charge on any atom is 0.243 e. The first kappa shape index (κ1) is 33.3. The Kier molecular flexibility index (Phi) is 11.7. The summed E-state index contributed by atoms with van der Waals surface area (Å²) in [6.45, 7) is 2.07. The molecule has 2 amide bonds. The Hall–Kier alpha value is -3.56. The minimum Gasteiger partial charge on any atom is -0.497 e. The van der Waals surface area contributed by atoms with Crippen LogP contribution in [0.2, 0.25) is 5.02 Å². The van der Waals surface area contributed by atoms with Gasteiger partial charge in [-0.05, 0) is 67.1 Å². The average Bonchev–Trinajstić information content (AvgIpc) is 3.51. The van der Waals surface area contributed by atoms with E-state index in [-0.39, 0.29) is 43.8 Å². The van der Waals surface area contributed by atoms with Gasteiger partial charge in [0.1, 0.15) is 11.8 Å². The van der Waals surface area contributed by atoms with Crippen LogP contribution in [0.25, 0.3) is 0 Å². The second kappa shape index (κ2) is 15.4. The standard InChI is InChI=1S/C34H42ClN3O5S/c1-25-30(35)18-10-19-31(25)38(44(3,41)42)21-11-20-33(39)37(24-27-14-9-17-29(22-27)43-2)32(23-26-12-5-4-6-13-26)34(40)36-28-15-7-8-16-28/h4-6,9-10,12-14,17-19,22,28,32H,7-8,11,15-16,20-21,23-24H2,1-3H3,(H,36,40)/t32-/m0/s1. The first-order valence-corrected chi connectivity index (χ1v) is 17.3. The van der Waals surface area contributed by atoms with Crippen molar-refractivity contribution in [3.05, 3.63) is 94.5 Å². The zero-order valence-corrected chi connectivity index (χ0v) is 27.2. The van der Waals surface area contributed by atoms with E-state index in [4.69, 9.17) is 16.3 Å². The topological polar surface area (TPSA) is 96.0 Å². The van der Waals surface area contributed by atoms with Crippen LogP contribution in [-0.4, -0.2) is 57.1 Å². The summed E-state index contributed by atoms with van der Waals surface area (Å²) in [5.41, 5.74) is 2.91. The van der Waals surface area contributed by atoms with Gasteiger partial charge in [0.2, 0.25) is 21.8 Å². The van der Waals surface area contributed by atoms with Crippen LogP contribution in [-0.2, 0) is 32.6 Å². The van der Waals surface area contributed by atoms with E-state index in [0.717, 1.165) is 43.1 Å². The quantitative estimate of drug-likeness (QED) is 0.237. The second-order valence-corrected chi connectivity index (χ2v) is 13.7. The highest BCUT2D eigenvalue weighted by Gasteiger charge is 2.32. The SMILES string of the molecule is COc1cccc(CN(C(=O)CCCN(c2cccc(Cl)c2C)S(C)(=O)=O)[C@@H](Cc2ccccc2)C(=O)NC2CCCC2)c1. The molecule has 0 radical (unpaired) electrons. The van der Waals surface area contributed by atoms with Crippen molar-refractivity contribution in [1.29, 1.82) is 0 Å². The Bertz CT molecular complexity index is 1530. The Morgan fingerprint density at radius 1 is 1.00 bits per heavy atom. The fourth-order valence-electron chi connectivity index (χ4n) is 5.74. The lowest BCUT2D eigenvalue weighted by Crippen LogP contribution is -2.52. The molecule has 3 aromatic rings. The summed E-state index contributed by atoms with van der Waals surface area (Å²) in [4.78, 5) is 29.6. The van der Waals surface area contributed by atoms with Crippen molar-refractivity contribution >= 4 is 39.1 Å². The molecule has 0 heterocycles. The molecule has 0 aliphatic heterocycles. The minimum atomic E-state index is -3.64. The second-order valence-electron chi connectivity index (χ2n) is 11.4. The van der Waals surface area contributed by atoms with Crippen molar-refractivity contribution < 1.29 is 22.7 Å². The highest BCUT2D eigenvalue weighted by molar-refractivity contribution is 7.92. The number of halogens is 1. The van der Waals surface area contributed by atoms with Gasteiger partial charge in [-0.3, -0.25) is 13.9 Å². The van der Waals surface area contributed by atoms with Crippen LogP contribution < -0.4 is 14.4 Å². The average molecular weight is 640 g/mol. The molecule has 4 rings (SSSR count). The lowest BCUT2D eigenvalue weighted by atomic mass is 10.0. The van der Waals surface area contributed by atoms with E-state index in [9.17, 15) is 18.0 Å². The number of carbonyl (C=O) groups is 2. The summed E-state index contributed by atoms with van der Waals surface area (Å²) in [6.07, 6.45) is 5.81. The van der Waals surface area contributed by atoms with Crippen LogP contribution in [0.5, 0.6) is 5.75 Å². The fraction of sp³-hybridized carbons (Fsp3) is 0.412. The predicted octanol–water partition coefficient (Wildman–Crippen LogP) is 5.90. The number of methoxy groups -OCH3 is 1. The smallest absolute Gasteiger partial charge is 0.243 e. The number of carbonyl (C=O) groups excluding carboxylic acids is 2. The third kappa shape index (κ3) is 8.99. The van der Waals surface area contributed by atoms with Crippen molar-refractivity contribution in [3.63, 3.8) is 0 Å². The van der Waals surface area contributed by atoms with Gasteiger partial charge in [-0.25, -0.2) is 8.42 Å². The Balaban J connectivity index is 1.61. The number of nitrogens with one attached hydrogen (secondary N) is 1. The molecule has 0 unspecified atom stereocenters. The molecule has 1 aliphatic rings. The molecule has 1 fully saturated rings. The molecule has 3 aromatic carbocycles. The van der Waals surface area contributed by atoms with E-state index >= 15 is 0 Å². The minimum absolute atomic E-state index is 0.0532. The van der Waals surface area contributed by atoms with Crippen LogP contribution in [0.1, 0.15) is 55.2 Å². The summed E-state index contributed by atoms with van der Waals surface area (Å²) in [5, 5.41) is 3.68. The Labute approximate surface area is 266 Å². The van der Waals surface area contributed by atoms with Crippen molar-refractivity contribution in [2.24, 2.45) is 0 Å². The molecule has 1 atom stereocenters. The molecule has 0 bridgehead atoms. The first-order chi connectivity index (χ1) is 21.1. The van der Waals surface area contributed by atoms with Crippen LogP contribution >= 0.6 is 11.6 Å². The third-order valence-electron chi connectivity index (χ3n) is 8.12. The lowest BCUT2D eigenvalue weighted by Gasteiger charge is -2.33. The van der Waals surface area contributed by atoms with Crippen LogP contribution in [0.15, 0.2) is 72.8 Å². The zero-order valence-electron chi connectivity index (χ0n) is 25.7. The summed E-state index contributed by atoms with van der Waals surface area (Å²) in [7, 11) is -2.06. The number of benzene rings is 3. The molecule has 1 N–H and O–H groups in total. The largest absolute Gasteiger partial charge is 0.497 e. The third-order valence-corrected chi connectivity index (χ3v) is 9.71. The maximum atomic E-state index is 14.1. The number of rotatable bonds is 14. The van der Waals surface area contributed by atoms with Gasteiger partial charge in [-0.1, -0.05) is 73.0 Å². The van der Waals surface area contributed by atoms with Gasteiger partial charge in [0.05, 0.1) is 19.1 Å². The zero-order chi connectivity index (χ0) is 31.7. The number of ether oxygens (including phenoxy) is 1. The Morgan fingerprint density at radius 3 is 2.36 bits per heavy atom. The summed E-state index contributed by atoms with van der Waals surface area (Å²) < 4.78 is 32.3. The number of amides is 2. The van der Waals surface area contributed by atoms with Crippen LogP contribution in [0, 0.1) is 6.92 Å². The summed E-state index contributed by atoms with van der Waals surface area (Å²) >= 11 is 6.30. The molecule has 1 aliphatic carbocycles. The molecule has 1 saturated carbocycles. The maximum absolute atomic E-state index is 14.1. The number of anilines is 1. The van der Waals surface area contributed by atoms with E-state index in [1.54, 1.807) is 37.1 Å². The van der Waals surface area contributed by atoms with Gasteiger partial charge in [0.15, 0.2) is 0 Å². The first-order valence-electron chi connectivity index (χ1n) is 15.1. The van der Waals surface area contributed by atoms with E-state index in [1.807, 2.05) is 54.6 Å². The van der Waals surface area contributed by atoms with Gasteiger partial charge < -0.3 is 15.0 Å². The van der Waals surface area contributed by atoms with Crippen LogP contribution in [0.3, 0.4) is 0 Å². The van der Waals surface area contributed by atoms with E-state index in [0.29, 0.717) is 28.4 Å². The number of hydrogen-bond donors (Lipinski definition) is 1. The van der Waals surface area contributed by atoms with Crippen LogP contribution in [0.4, 0.5) is 5.69 Å². The van der Waals surface area contributed by atoms with Gasteiger partial charge in [0.25, 0.3) is 0 Å². The number of nitrogens with zero attached hydrogens (tertiary/aromatic N) is 2. The molecular formula is C34H42ClN3O5S. The lowest BCUT2D eigenvalue weighted by molar-refractivity contribution is -0.141. The van der Waals surface area contributed by atoms with Crippen molar-refractivity contribution in [2.45, 2.75) is 70.5 Å². The van der Waals surface area contributed by atoms with E-state index < -0.39 is 16.1 Å². The molecule has 0 aromatic heterocycles. The van der Waals surface area contributed by atoms with Gasteiger partial charge in [-0.2, -0.15) is 0 Å². The van der Waals surface area contributed by atoms with Gasteiger partial charge in [0, 0.05) is 37.0 Å². The van der Waals surface area contributed by atoms with Gasteiger partial charge in [-0.15, -0.1) is 0 Å². The van der Waals surface area contributed by atoms with Crippen molar-refractivity contribution in [1.82, 2.24) is 10.2 Å². The molecule has 236 valence electrons.